The van der Waals surface area contributed by atoms with Gasteiger partial charge in [0, 0.05) is 11.8 Å². The molecule has 22 heavy (non-hydrogen) atoms. The summed E-state index contributed by atoms with van der Waals surface area (Å²) in [5, 5.41) is 9.06. The zero-order valence-electron chi connectivity index (χ0n) is 12.3. The molecule has 2 heterocycles. The Labute approximate surface area is 127 Å². The summed E-state index contributed by atoms with van der Waals surface area (Å²) in [6, 6.07) is 6.80. The van der Waals surface area contributed by atoms with Crippen molar-refractivity contribution in [3.05, 3.63) is 53.6 Å². The van der Waals surface area contributed by atoms with Crippen LogP contribution in [0.5, 0.6) is 5.75 Å². The number of imidazole rings is 1. The van der Waals surface area contributed by atoms with E-state index in [0.29, 0.717) is 12.3 Å². The van der Waals surface area contributed by atoms with Crippen LogP contribution in [-0.2, 0) is 6.54 Å². The Hall–Kier alpha value is -2.89. The topological polar surface area (TPSA) is 77.2 Å². The first-order chi connectivity index (χ1) is 10.6. The molecule has 3 aromatic rings. The number of hydrogen-bond acceptors (Lipinski definition) is 4. The standard InChI is InChI=1S/C16H15N3O3/c1-10-18-13-8-17-6-5-14(13)19(10)9-12-4-3-11(16(20)21)7-15(12)22-2/h3-8H,9H2,1-2H3,(H,20,21). The van der Waals surface area contributed by atoms with Crippen molar-refractivity contribution in [2.75, 3.05) is 7.11 Å². The van der Waals surface area contributed by atoms with Crippen molar-refractivity contribution >= 4 is 17.0 Å². The van der Waals surface area contributed by atoms with E-state index in [1.165, 1.54) is 13.2 Å². The van der Waals surface area contributed by atoms with E-state index in [1.807, 2.05) is 13.0 Å². The summed E-state index contributed by atoms with van der Waals surface area (Å²) in [6.07, 6.45) is 3.45. The molecule has 112 valence electrons. The van der Waals surface area contributed by atoms with Crippen LogP contribution in [0.1, 0.15) is 21.7 Å². The second-order valence-electron chi connectivity index (χ2n) is 4.94. The van der Waals surface area contributed by atoms with Gasteiger partial charge in [-0.15, -0.1) is 0 Å². The number of benzene rings is 1. The number of carboxylic acid groups (broad SMARTS) is 1. The maximum Gasteiger partial charge on any atom is 0.335 e. The molecule has 2 aromatic heterocycles. The molecule has 0 aliphatic rings. The number of hydrogen-bond donors (Lipinski definition) is 1. The van der Waals surface area contributed by atoms with E-state index in [9.17, 15) is 4.79 Å². The van der Waals surface area contributed by atoms with Crippen molar-refractivity contribution in [1.29, 1.82) is 0 Å². The van der Waals surface area contributed by atoms with Gasteiger partial charge in [0.15, 0.2) is 0 Å². The molecule has 0 fully saturated rings. The summed E-state index contributed by atoms with van der Waals surface area (Å²) in [6.45, 7) is 2.48. The van der Waals surface area contributed by atoms with Gasteiger partial charge in [-0.1, -0.05) is 6.07 Å². The normalized spacial score (nSPS) is 10.8. The average Bonchev–Trinajstić information content (AvgIpc) is 2.83. The molecular formula is C16H15N3O3. The lowest BCUT2D eigenvalue weighted by Crippen LogP contribution is -2.05. The SMILES string of the molecule is COc1cc(C(=O)O)ccc1Cn1c(C)nc2cnccc21. The highest BCUT2D eigenvalue weighted by Crippen LogP contribution is 2.24. The average molecular weight is 297 g/mol. The van der Waals surface area contributed by atoms with Gasteiger partial charge in [0.05, 0.1) is 30.9 Å². The van der Waals surface area contributed by atoms with Crippen LogP contribution in [0, 0.1) is 6.92 Å². The highest BCUT2D eigenvalue weighted by molar-refractivity contribution is 5.88. The highest BCUT2D eigenvalue weighted by atomic mass is 16.5. The summed E-state index contributed by atoms with van der Waals surface area (Å²) in [4.78, 5) is 19.6. The first-order valence-electron chi connectivity index (χ1n) is 6.77. The number of aryl methyl sites for hydroxylation is 1. The van der Waals surface area contributed by atoms with Crippen molar-refractivity contribution in [2.24, 2.45) is 0 Å². The van der Waals surface area contributed by atoms with Crippen molar-refractivity contribution in [2.45, 2.75) is 13.5 Å². The van der Waals surface area contributed by atoms with E-state index in [-0.39, 0.29) is 5.56 Å². The third-order valence-electron chi connectivity index (χ3n) is 3.60. The molecule has 0 atom stereocenters. The third kappa shape index (κ3) is 2.39. The first-order valence-corrected chi connectivity index (χ1v) is 6.77. The number of methoxy groups -OCH3 is 1. The number of rotatable bonds is 4. The van der Waals surface area contributed by atoms with Crippen LogP contribution in [0.3, 0.4) is 0 Å². The van der Waals surface area contributed by atoms with E-state index in [1.54, 1.807) is 24.5 Å². The van der Waals surface area contributed by atoms with Crippen LogP contribution in [0.15, 0.2) is 36.7 Å². The van der Waals surface area contributed by atoms with Gasteiger partial charge >= 0.3 is 5.97 Å². The quantitative estimate of drug-likeness (QED) is 0.800. The summed E-state index contributed by atoms with van der Waals surface area (Å²) in [5.41, 5.74) is 2.92. The molecule has 0 spiro atoms. The predicted molar refractivity (Wildman–Crippen MR) is 81.3 cm³/mol. The smallest absolute Gasteiger partial charge is 0.335 e. The van der Waals surface area contributed by atoms with E-state index < -0.39 is 5.97 Å². The van der Waals surface area contributed by atoms with Crippen LogP contribution in [0.25, 0.3) is 11.0 Å². The van der Waals surface area contributed by atoms with Gasteiger partial charge in [-0.3, -0.25) is 4.98 Å². The maximum atomic E-state index is 11.0. The molecule has 0 aliphatic heterocycles. The van der Waals surface area contributed by atoms with Gasteiger partial charge < -0.3 is 14.4 Å². The molecule has 1 aromatic carbocycles. The summed E-state index contributed by atoms with van der Waals surface area (Å²) < 4.78 is 7.38. The van der Waals surface area contributed by atoms with E-state index in [4.69, 9.17) is 9.84 Å². The number of aromatic carboxylic acids is 1. The Morgan fingerprint density at radius 2 is 2.18 bits per heavy atom. The van der Waals surface area contributed by atoms with Gasteiger partial charge in [0.1, 0.15) is 17.1 Å². The number of aromatic nitrogens is 3. The van der Waals surface area contributed by atoms with Crippen molar-refractivity contribution in [1.82, 2.24) is 14.5 Å². The molecule has 6 heteroatoms. The number of nitrogens with zero attached hydrogens (tertiary/aromatic N) is 3. The Bertz CT molecular complexity index is 855. The van der Waals surface area contributed by atoms with Crippen molar-refractivity contribution in [3.8, 4) is 5.75 Å². The summed E-state index contributed by atoms with van der Waals surface area (Å²) >= 11 is 0. The minimum absolute atomic E-state index is 0.206. The molecule has 3 rings (SSSR count). The molecular weight excluding hydrogens is 282 g/mol. The molecule has 6 nitrogen and oxygen atoms in total. The second-order valence-corrected chi connectivity index (χ2v) is 4.94. The summed E-state index contributed by atoms with van der Waals surface area (Å²) in [7, 11) is 1.53. The Morgan fingerprint density at radius 3 is 2.91 bits per heavy atom. The number of fused-ring (bicyclic) bond motifs is 1. The van der Waals surface area contributed by atoms with Crippen LogP contribution in [0.4, 0.5) is 0 Å². The number of carboxylic acids is 1. The van der Waals surface area contributed by atoms with Crippen LogP contribution in [0.2, 0.25) is 0 Å². The Kier molecular flexibility index (Phi) is 3.50. The molecule has 0 saturated carbocycles. The van der Waals surface area contributed by atoms with Crippen molar-refractivity contribution in [3.63, 3.8) is 0 Å². The minimum atomic E-state index is -0.972. The van der Waals surface area contributed by atoms with Crippen molar-refractivity contribution < 1.29 is 14.6 Å². The van der Waals surface area contributed by atoms with E-state index in [2.05, 4.69) is 14.5 Å². The van der Waals surface area contributed by atoms with Crippen LogP contribution in [-0.4, -0.2) is 32.7 Å². The van der Waals surface area contributed by atoms with E-state index >= 15 is 0 Å². The molecule has 0 saturated heterocycles. The van der Waals surface area contributed by atoms with Gasteiger partial charge in [0.25, 0.3) is 0 Å². The van der Waals surface area contributed by atoms with E-state index in [0.717, 1.165) is 22.4 Å². The molecule has 0 bridgehead atoms. The lowest BCUT2D eigenvalue weighted by molar-refractivity contribution is 0.0696. The molecule has 0 amide bonds. The first kappa shape index (κ1) is 14.1. The lowest BCUT2D eigenvalue weighted by Gasteiger charge is -2.12. The fraction of sp³-hybridized carbons (Fsp3) is 0.188. The minimum Gasteiger partial charge on any atom is -0.496 e. The van der Waals surface area contributed by atoms with Crippen LogP contribution >= 0.6 is 0 Å². The molecule has 0 aliphatic carbocycles. The second kappa shape index (κ2) is 5.48. The Balaban J connectivity index is 2.05. The molecule has 1 N–H and O–H groups in total. The number of carbonyl (C=O) groups is 1. The van der Waals surface area contributed by atoms with Crippen LogP contribution < -0.4 is 4.74 Å². The zero-order chi connectivity index (χ0) is 15.7. The van der Waals surface area contributed by atoms with Gasteiger partial charge in [-0.2, -0.15) is 0 Å². The predicted octanol–water partition coefficient (Wildman–Crippen LogP) is 2.49. The Morgan fingerprint density at radius 1 is 1.36 bits per heavy atom. The van der Waals surface area contributed by atoms with Gasteiger partial charge in [-0.25, -0.2) is 9.78 Å². The third-order valence-corrected chi connectivity index (χ3v) is 3.60. The largest absolute Gasteiger partial charge is 0.496 e. The maximum absolute atomic E-state index is 11.0. The van der Waals surface area contributed by atoms with Gasteiger partial charge in [-0.05, 0) is 25.1 Å². The molecule has 0 radical (unpaired) electrons. The monoisotopic (exact) mass is 297 g/mol. The fourth-order valence-corrected chi connectivity index (χ4v) is 2.48. The number of pyridine rings is 1. The lowest BCUT2D eigenvalue weighted by atomic mass is 10.1. The summed E-state index contributed by atoms with van der Waals surface area (Å²) in [5.74, 6) is 0.447. The zero-order valence-corrected chi connectivity index (χ0v) is 12.3. The van der Waals surface area contributed by atoms with Gasteiger partial charge in [0.2, 0.25) is 0 Å². The highest BCUT2D eigenvalue weighted by Gasteiger charge is 2.12. The fourth-order valence-electron chi connectivity index (χ4n) is 2.48. The molecule has 0 unspecified atom stereocenters. The number of ether oxygens (including phenoxy) is 1.